The highest BCUT2D eigenvalue weighted by Crippen LogP contribution is 2.07. The van der Waals surface area contributed by atoms with Gasteiger partial charge >= 0.3 is 5.97 Å². The molecule has 0 aliphatic carbocycles. The molecule has 0 saturated carbocycles. The second kappa shape index (κ2) is 12.7. The van der Waals surface area contributed by atoms with Crippen molar-refractivity contribution < 1.29 is 29.4 Å². The summed E-state index contributed by atoms with van der Waals surface area (Å²) < 4.78 is 0. The molecule has 1 rings (SSSR count). The van der Waals surface area contributed by atoms with E-state index in [1.54, 1.807) is 0 Å². The number of aliphatic carboxylic acids is 1. The fourth-order valence-corrected chi connectivity index (χ4v) is 2.88. The lowest BCUT2D eigenvalue weighted by molar-refractivity contribution is -0.139. The number of aliphatic hydroxyl groups is 1. The molecule has 1 aromatic carbocycles. The number of rotatable bonds is 12. The zero-order valence-electron chi connectivity index (χ0n) is 18.0. The van der Waals surface area contributed by atoms with E-state index >= 15 is 0 Å². The van der Waals surface area contributed by atoms with Crippen LogP contribution in [0, 0.1) is 5.92 Å². The Labute approximate surface area is 181 Å². The quantitative estimate of drug-likeness (QED) is 0.248. The van der Waals surface area contributed by atoms with Gasteiger partial charge in [0.25, 0.3) is 0 Å². The molecule has 31 heavy (non-hydrogen) atoms. The molecule has 10 nitrogen and oxygen atoms in total. The van der Waals surface area contributed by atoms with Crippen LogP contribution in [0.15, 0.2) is 30.3 Å². The Hall–Kier alpha value is -2.98. The topological polar surface area (TPSA) is 171 Å². The molecule has 172 valence electrons. The first-order chi connectivity index (χ1) is 14.5. The lowest BCUT2D eigenvalue weighted by Crippen LogP contribution is -2.59. The van der Waals surface area contributed by atoms with E-state index < -0.39 is 54.5 Å². The maximum atomic E-state index is 12.7. The fourth-order valence-electron chi connectivity index (χ4n) is 2.88. The van der Waals surface area contributed by atoms with Crippen LogP contribution in [-0.4, -0.2) is 64.7 Å². The lowest BCUT2D eigenvalue weighted by Gasteiger charge is -2.26. The molecule has 0 radical (unpaired) electrons. The number of amides is 3. The van der Waals surface area contributed by atoms with Gasteiger partial charge in [0, 0.05) is 0 Å². The maximum Gasteiger partial charge on any atom is 0.322 e. The molecule has 0 bridgehead atoms. The van der Waals surface area contributed by atoms with E-state index in [-0.39, 0.29) is 18.8 Å². The van der Waals surface area contributed by atoms with Gasteiger partial charge in [-0.15, -0.1) is 0 Å². The van der Waals surface area contributed by atoms with E-state index in [1.165, 1.54) is 6.92 Å². The minimum Gasteiger partial charge on any atom is -0.480 e. The summed E-state index contributed by atoms with van der Waals surface area (Å²) in [5.41, 5.74) is 6.78. The second-order valence-electron chi connectivity index (χ2n) is 7.83. The van der Waals surface area contributed by atoms with Crippen molar-refractivity contribution in [2.24, 2.45) is 11.7 Å². The third kappa shape index (κ3) is 9.58. The van der Waals surface area contributed by atoms with Crippen LogP contribution in [0.4, 0.5) is 0 Å². The number of carboxylic acids is 1. The molecule has 0 aliphatic heterocycles. The highest BCUT2D eigenvalue weighted by Gasteiger charge is 2.31. The summed E-state index contributed by atoms with van der Waals surface area (Å²) in [5, 5.41) is 25.9. The Morgan fingerprint density at radius 2 is 1.58 bits per heavy atom. The number of carboxylic acid groups (broad SMARTS) is 1. The molecule has 1 aromatic rings. The highest BCUT2D eigenvalue weighted by molar-refractivity contribution is 5.94. The summed E-state index contributed by atoms with van der Waals surface area (Å²) in [7, 11) is 0. The Balaban J connectivity index is 2.81. The Kier molecular flexibility index (Phi) is 10.6. The van der Waals surface area contributed by atoms with Crippen LogP contribution in [0.3, 0.4) is 0 Å². The lowest BCUT2D eigenvalue weighted by atomic mass is 10.0. The van der Waals surface area contributed by atoms with Gasteiger partial charge in [-0.3, -0.25) is 19.2 Å². The summed E-state index contributed by atoms with van der Waals surface area (Å²) in [6, 6.07) is 5.80. The largest absolute Gasteiger partial charge is 0.480 e. The fraction of sp³-hybridized carbons (Fsp3) is 0.524. The molecule has 10 heteroatoms. The Morgan fingerprint density at radius 1 is 0.968 bits per heavy atom. The number of carbonyl (C=O) groups is 4. The molecule has 0 saturated heterocycles. The first kappa shape index (κ1) is 26.1. The highest BCUT2D eigenvalue weighted by atomic mass is 16.4. The van der Waals surface area contributed by atoms with Gasteiger partial charge in [0.15, 0.2) is 0 Å². The molecule has 0 fully saturated rings. The van der Waals surface area contributed by atoms with Gasteiger partial charge in [0.1, 0.15) is 18.6 Å². The zero-order valence-corrected chi connectivity index (χ0v) is 18.0. The van der Waals surface area contributed by atoms with Crippen LogP contribution in [0.25, 0.3) is 0 Å². The number of hydrogen-bond acceptors (Lipinski definition) is 6. The van der Waals surface area contributed by atoms with Gasteiger partial charge in [-0.05, 0) is 31.2 Å². The van der Waals surface area contributed by atoms with E-state index in [1.807, 2.05) is 44.2 Å². The van der Waals surface area contributed by atoms with Crippen molar-refractivity contribution in [1.29, 1.82) is 0 Å². The summed E-state index contributed by atoms with van der Waals surface area (Å²) >= 11 is 0. The third-order valence-corrected chi connectivity index (χ3v) is 4.45. The number of aliphatic hydroxyl groups excluding tert-OH is 1. The number of carbonyl (C=O) groups excluding carboxylic acids is 3. The predicted octanol–water partition coefficient (Wildman–Crippen LogP) is -0.846. The second-order valence-corrected chi connectivity index (χ2v) is 7.83. The standard InChI is InChI=1S/C21H32N4O6/c1-12(2)9-16(20(30)23-11-17(27)28)24-21(31)18(13(3)26)25-19(29)15(22)10-14-7-5-4-6-8-14/h4-8,12-13,15-16,18,26H,9-11,22H2,1-3H3,(H,23,30)(H,24,31)(H,25,29)(H,27,28). The van der Waals surface area contributed by atoms with Crippen LogP contribution < -0.4 is 21.7 Å². The minimum atomic E-state index is -1.34. The molecule has 4 atom stereocenters. The molecule has 0 aliphatic rings. The van der Waals surface area contributed by atoms with E-state index in [0.717, 1.165) is 5.56 Å². The molecule has 4 unspecified atom stereocenters. The van der Waals surface area contributed by atoms with Gasteiger partial charge in [0.2, 0.25) is 17.7 Å². The van der Waals surface area contributed by atoms with Crippen LogP contribution >= 0.6 is 0 Å². The van der Waals surface area contributed by atoms with Crippen LogP contribution in [0.5, 0.6) is 0 Å². The smallest absolute Gasteiger partial charge is 0.322 e. The molecule has 0 heterocycles. The van der Waals surface area contributed by atoms with Gasteiger partial charge in [-0.2, -0.15) is 0 Å². The third-order valence-electron chi connectivity index (χ3n) is 4.45. The molecular weight excluding hydrogens is 404 g/mol. The Bertz CT molecular complexity index is 753. The van der Waals surface area contributed by atoms with Crippen molar-refractivity contribution in [3.05, 3.63) is 35.9 Å². The number of benzene rings is 1. The van der Waals surface area contributed by atoms with E-state index in [2.05, 4.69) is 16.0 Å². The van der Waals surface area contributed by atoms with Crippen molar-refractivity contribution in [2.45, 2.75) is 57.8 Å². The van der Waals surface area contributed by atoms with Gasteiger partial charge < -0.3 is 31.9 Å². The van der Waals surface area contributed by atoms with Gasteiger partial charge in [0.05, 0.1) is 12.1 Å². The summed E-state index contributed by atoms with van der Waals surface area (Å²) in [4.78, 5) is 48.2. The first-order valence-electron chi connectivity index (χ1n) is 10.1. The normalized spacial score (nSPS) is 14.8. The van der Waals surface area contributed by atoms with E-state index in [4.69, 9.17) is 10.8 Å². The van der Waals surface area contributed by atoms with Crippen molar-refractivity contribution in [2.75, 3.05) is 6.54 Å². The average molecular weight is 437 g/mol. The Morgan fingerprint density at radius 3 is 2.10 bits per heavy atom. The van der Waals surface area contributed by atoms with Crippen molar-refractivity contribution in [3.63, 3.8) is 0 Å². The van der Waals surface area contributed by atoms with Crippen molar-refractivity contribution in [3.8, 4) is 0 Å². The summed E-state index contributed by atoms with van der Waals surface area (Å²) in [6.45, 7) is 4.41. The van der Waals surface area contributed by atoms with Crippen molar-refractivity contribution >= 4 is 23.7 Å². The monoisotopic (exact) mass is 436 g/mol. The summed E-state index contributed by atoms with van der Waals surface area (Å²) in [6.07, 6.45) is -0.769. The van der Waals surface area contributed by atoms with E-state index in [9.17, 15) is 24.3 Å². The van der Waals surface area contributed by atoms with Crippen LogP contribution in [-0.2, 0) is 25.6 Å². The number of hydrogen-bond donors (Lipinski definition) is 6. The van der Waals surface area contributed by atoms with Crippen molar-refractivity contribution in [1.82, 2.24) is 16.0 Å². The molecule has 0 aromatic heterocycles. The molecular formula is C21H32N4O6. The predicted molar refractivity (Wildman–Crippen MR) is 114 cm³/mol. The van der Waals surface area contributed by atoms with Crippen LogP contribution in [0.1, 0.15) is 32.8 Å². The van der Waals surface area contributed by atoms with E-state index in [0.29, 0.717) is 0 Å². The first-order valence-corrected chi connectivity index (χ1v) is 10.1. The van der Waals surface area contributed by atoms with Gasteiger partial charge in [-0.1, -0.05) is 44.2 Å². The SMILES string of the molecule is CC(C)CC(NC(=O)C(NC(=O)C(N)Cc1ccccc1)C(C)O)C(=O)NCC(=O)O. The van der Waals surface area contributed by atoms with Crippen LogP contribution in [0.2, 0.25) is 0 Å². The average Bonchev–Trinajstić information content (AvgIpc) is 2.69. The van der Waals surface area contributed by atoms with Gasteiger partial charge in [-0.25, -0.2) is 0 Å². The molecule has 0 spiro atoms. The molecule has 7 N–H and O–H groups in total. The molecule has 3 amide bonds. The number of nitrogens with one attached hydrogen (secondary N) is 3. The number of nitrogens with two attached hydrogens (primary N) is 1. The zero-order chi connectivity index (χ0) is 23.6. The minimum absolute atomic E-state index is 0.0137. The maximum absolute atomic E-state index is 12.7. The summed E-state index contributed by atoms with van der Waals surface area (Å²) in [5.74, 6) is -3.27.